The molecule has 3 fully saturated rings. The summed E-state index contributed by atoms with van der Waals surface area (Å²) >= 11 is 0. The second kappa shape index (κ2) is 9.91. The molecular weight excluding hydrogens is 462 g/mol. The van der Waals surface area contributed by atoms with Gasteiger partial charge in [0.1, 0.15) is 17.4 Å². The van der Waals surface area contributed by atoms with Crippen LogP contribution in [0.3, 0.4) is 0 Å². The smallest absolute Gasteiger partial charge is 0.250 e. The fourth-order valence-electron chi connectivity index (χ4n) is 6.02. The van der Waals surface area contributed by atoms with Gasteiger partial charge in [-0.05, 0) is 62.1 Å². The van der Waals surface area contributed by atoms with Crippen LogP contribution in [0.15, 0.2) is 54.6 Å². The van der Waals surface area contributed by atoms with E-state index in [4.69, 9.17) is 9.47 Å². The molecular formula is C27H31N3O6. The van der Waals surface area contributed by atoms with Gasteiger partial charge < -0.3 is 30.1 Å². The van der Waals surface area contributed by atoms with E-state index >= 15 is 0 Å². The van der Waals surface area contributed by atoms with Gasteiger partial charge in [-0.25, -0.2) is 0 Å². The van der Waals surface area contributed by atoms with Gasteiger partial charge in [-0.1, -0.05) is 18.2 Å². The summed E-state index contributed by atoms with van der Waals surface area (Å²) in [6.07, 6.45) is 1.77. The minimum absolute atomic E-state index is 0.00000605. The standard InChI is InChI=1S/C27H31N3O6/c1-35-19-11-9-18(10-12-19)29-25(33)23-27-14-13-20(36-27)21(24(32)28-17-7-3-2-4-8-17)22(27)26(34)30(23)15-5-6-16-31/h2-4,7-12,20-23,31H,5-6,13-16H2,1H3,(H,28,32)(H,29,33)/t20-,21+,22+,23?,27?/m1/s1. The number of benzene rings is 2. The summed E-state index contributed by atoms with van der Waals surface area (Å²) in [5.41, 5.74) is 0.170. The molecule has 190 valence electrons. The first kappa shape index (κ1) is 24.3. The van der Waals surface area contributed by atoms with Crippen LogP contribution in [-0.4, -0.2) is 65.7 Å². The number of rotatable bonds is 9. The zero-order valence-corrected chi connectivity index (χ0v) is 20.2. The number of likely N-dealkylation sites (tertiary alicyclic amines) is 1. The highest BCUT2D eigenvalue weighted by Gasteiger charge is 2.74. The van der Waals surface area contributed by atoms with Crippen molar-refractivity contribution in [3.63, 3.8) is 0 Å². The third-order valence-electron chi connectivity index (χ3n) is 7.56. The Morgan fingerprint density at radius 3 is 2.44 bits per heavy atom. The van der Waals surface area contributed by atoms with Gasteiger partial charge in [-0.15, -0.1) is 0 Å². The van der Waals surface area contributed by atoms with E-state index in [9.17, 15) is 19.5 Å². The van der Waals surface area contributed by atoms with Crippen molar-refractivity contribution in [3.8, 4) is 5.75 Å². The van der Waals surface area contributed by atoms with Gasteiger partial charge >= 0.3 is 0 Å². The molecule has 36 heavy (non-hydrogen) atoms. The van der Waals surface area contributed by atoms with Crippen molar-refractivity contribution in [2.24, 2.45) is 11.8 Å². The summed E-state index contributed by atoms with van der Waals surface area (Å²) in [5.74, 6) is -1.59. The maximum absolute atomic E-state index is 13.8. The van der Waals surface area contributed by atoms with Crippen molar-refractivity contribution >= 4 is 29.1 Å². The van der Waals surface area contributed by atoms with Crippen molar-refractivity contribution in [2.45, 2.75) is 43.4 Å². The molecule has 0 aliphatic carbocycles. The van der Waals surface area contributed by atoms with Gasteiger partial charge in [-0.2, -0.15) is 0 Å². The number of amides is 3. The second-order valence-corrected chi connectivity index (χ2v) is 9.59. The SMILES string of the molecule is COc1ccc(NC(=O)C2N(CCCCO)C(=O)[C@@H]3[C@@H](C(=O)Nc4ccccc4)[C@H]4CCC23O4)cc1. The number of nitrogens with zero attached hydrogens (tertiary/aromatic N) is 1. The molecule has 5 atom stereocenters. The van der Waals surface area contributed by atoms with Crippen molar-refractivity contribution in [1.29, 1.82) is 0 Å². The van der Waals surface area contributed by atoms with E-state index in [1.165, 1.54) is 0 Å². The van der Waals surface area contributed by atoms with Crippen LogP contribution in [0.25, 0.3) is 0 Å². The normalized spacial score (nSPS) is 28.2. The molecule has 3 aliphatic heterocycles. The number of methoxy groups -OCH3 is 1. The molecule has 3 heterocycles. The summed E-state index contributed by atoms with van der Waals surface area (Å²) in [5, 5.41) is 15.1. The van der Waals surface area contributed by atoms with E-state index in [0.717, 1.165) is 0 Å². The van der Waals surface area contributed by atoms with Crippen molar-refractivity contribution in [1.82, 2.24) is 4.90 Å². The highest BCUT2D eigenvalue weighted by atomic mass is 16.5. The molecule has 3 N–H and O–H groups in total. The highest BCUT2D eigenvalue weighted by molar-refractivity contribution is 6.05. The average Bonchev–Trinajstić information content (AvgIpc) is 3.53. The van der Waals surface area contributed by atoms with Gasteiger partial charge in [0.15, 0.2) is 0 Å². The number of fused-ring (bicyclic) bond motifs is 1. The molecule has 3 amide bonds. The topological polar surface area (TPSA) is 117 Å². The number of nitrogens with one attached hydrogen (secondary N) is 2. The lowest BCUT2D eigenvalue weighted by molar-refractivity contribution is -0.139. The second-order valence-electron chi connectivity index (χ2n) is 9.59. The zero-order chi connectivity index (χ0) is 25.3. The van der Waals surface area contributed by atoms with Crippen LogP contribution < -0.4 is 15.4 Å². The molecule has 0 aromatic heterocycles. The van der Waals surface area contributed by atoms with Crippen LogP contribution in [0, 0.1) is 11.8 Å². The molecule has 2 bridgehead atoms. The lowest BCUT2D eigenvalue weighted by Gasteiger charge is -2.33. The van der Waals surface area contributed by atoms with Gasteiger partial charge in [0.2, 0.25) is 17.7 Å². The number of hydrogen-bond acceptors (Lipinski definition) is 6. The number of ether oxygens (including phenoxy) is 2. The molecule has 9 nitrogen and oxygen atoms in total. The lowest BCUT2D eigenvalue weighted by Crippen LogP contribution is -2.53. The molecule has 5 rings (SSSR count). The van der Waals surface area contributed by atoms with E-state index in [0.29, 0.717) is 49.4 Å². The van der Waals surface area contributed by atoms with Crippen molar-refractivity contribution < 1.29 is 29.0 Å². The number of hydrogen-bond donors (Lipinski definition) is 3. The predicted molar refractivity (Wildman–Crippen MR) is 132 cm³/mol. The number of aliphatic hydroxyl groups is 1. The maximum Gasteiger partial charge on any atom is 0.250 e. The minimum atomic E-state index is -1.06. The van der Waals surface area contributed by atoms with Gasteiger partial charge in [0, 0.05) is 24.5 Å². The van der Waals surface area contributed by atoms with Crippen LogP contribution >= 0.6 is 0 Å². The van der Waals surface area contributed by atoms with Crippen LogP contribution in [-0.2, 0) is 19.1 Å². The Morgan fingerprint density at radius 2 is 1.75 bits per heavy atom. The molecule has 2 aromatic rings. The van der Waals surface area contributed by atoms with Crippen LogP contribution in [0.4, 0.5) is 11.4 Å². The van der Waals surface area contributed by atoms with E-state index < -0.39 is 29.6 Å². The summed E-state index contributed by atoms with van der Waals surface area (Å²) < 4.78 is 11.6. The summed E-state index contributed by atoms with van der Waals surface area (Å²) in [4.78, 5) is 42.4. The fourth-order valence-corrected chi connectivity index (χ4v) is 6.02. The molecule has 3 saturated heterocycles. The number of unbranched alkanes of at least 4 members (excludes halogenated alkanes) is 1. The Labute approximate surface area is 209 Å². The molecule has 0 saturated carbocycles. The number of carbonyl (C=O) groups excluding carboxylic acids is 3. The summed E-state index contributed by atoms with van der Waals surface area (Å²) in [6, 6.07) is 15.2. The number of para-hydroxylation sites is 1. The third-order valence-corrected chi connectivity index (χ3v) is 7.56. The first-order valence-electron chi connectivity index (χ1n) is 12.4. The first-order valence-corrected chi connectivity index (χ1v) is 12.4. The Kier molecular flexibility index (Phi) is 6.68. The average molecular weight is 494 g/mol. The maximum atomic E-state index is 13.8. The Hall–Kier alpha value is -3.43. The third kappa shape index (κ3) is 4.12. The van der Waals surface area contributed by atoms with Crippen molar-refractivity contribution in [3.05, 3.63) is 54.6 Å². The quantitative estimate of drug-likeness (QED) is 0.462. The van der Waals surface area contributed by atoms with Crippen LogP contribution in [0.5, 0.6) is 5.75 Å². The van der Waals surface area contributed by atoms with Gasteiger partial charge in [0.25, 0.3) is 0 Å². The zero-order valence-electron chi connectivity index (χ0n) is 20.2. The molecule has 1 spiro atoms. The Bertz CT molecular complexity index is 1120. The van der Waals surface area contributed by atoms with Crippen molar-refractivity contribution in [2.75, 3.05) is 30.9 Å². The van der Waals surface area contributed by atoms with E-state index in [1.54, 1.807) is 48.4 Å². The van der Waals surface area contributed by atoms with Gasteiger partial charge in [-0.3, -0.25) is 14.4 Å². The lowest BCUT2D eigenvalue weighted by atomic mass is 9.70. The van der Waals surface area contributed by atoms with Gasteiger partial charge in [0.05, 0.1) is 25.0 Å². The van der Waals surface area contributed by atoms with Crippen LogP contribution in [0.2, 0.25) is 0 Å². The fraction of sp³-hybridized carbons (Fsp3) is 0.444. The molecule has 0 radical (unpaired) electrons. The monoisotopic (exact) mass is 493 g/mol. The van der Waals surface area contributed by atoms with E-state index in [2.05, 4.69) is 10.6 Å². The largest absolute Gasteiger partial charge is 0.497 e. The predicted octanol–water partition coefficient (Wildman–Crippen LogP) is 2.42. The van der Waals surface area contributed by atoms with E-state index in [-0.39, 0.29) is 24.3 Å². The first-order chi connectivity index (χ1) is 17.5. The number of carbonyl (C=O) groups is 3. The molecule has 3 aliphatic rings. The molecule has 2 unspecified atom stereocenters. The van der Waals surface area contributed by atoms with Crippen LogP contribution in [0.1, 0.15) is 25.7 Å². The summed E-state index contributed by atoms with van der Waals surface area (Å²) in [7, 11) is 1.57. The Morgan fingerprint density at radius 1 is 1.06 bits per heavy atom. The molecule has 9 heteroatoms. The van der Waals surface area contributed by atoms with E-state index in [1.807, 2.05) is 18.2 Å². The highest BCUT2D eigenvalue weighted by Crippen LogP contribution is 2.58. The Balaban J connectivity index is 1.43. The molecule has 2 aromatic carbocycles. The number of aliphatic hydroxyl groups excluding tert-OH is 1. The summed E-state index contributed by atoms with van der Waals surface area (Å²) in [6.45, 7) is 0.305. The number of anilines is 2. The minimum Gasteiger partial charge on any atom is -0.497 e.